The number of ether oxygens (including phenoxy) is 1. The van der Waals surface area contributed by atoms with Crippen LogP contribution in [0.25, 0.3) is 11.1 Å². The molecule has 0 radical (unpaired) electrons. The molecule has 10 heteroatoms. The van der Waals surface area contributed by atoms with E-state index in [1.165, 1.54) is 13.2 Å². The third kappa shape index (κ3) is 4.25. The molecule has 2 aliphatic rings. The van der Waals surface area contributed by atoms with Crippen molar-refractivity contribution in [1.82, 2.24) is 0 Å². The lowest BCUT2D eigenvalue weighted by atomic mass is 9.68. The van der Waals surface area contributed by atoms with Crippen molar-refractivity contribution >= 4 is 34.6 Å². The third-order valence-corrected chi connectivity index (χ3v) is 7.34. The number of carbonyl (C=O) groups is 2. The molecule has 37 heavy (non-hydrogen) atoms. The molecule has 190 valence electrons. The van der Waals surface area contributed by atoms with Gasteiger partial charge in [-0.05, 0) is 78.8 Å². The van der Waals surface area contributed by atoms with Crippen LogP contribution in [-0.2, 0) is 10.2 Å². The number of aliphatic hydroxyl groups is 1. The zero-order valence-electron chi connectivity index (χ0n) is 20.1. The van der Waals surface area contributed by atoms with Gasteiger partial charge in [-0.25, -0.2) is 0 Å². The predicted octanol–water partition coefficient (Wildman–Crippen LogP) is 4.24. The van der Waals surface area contributed by atoms with Crippen LogP contribution in [0.5, 0.6) is 5.75 Å². The number of nitro benzene ring substituents is 1. The van der Waals surface area contributed by atoms with Gasteiger partial charge in [0.1, 0.15) is 0 Å². The molecule has 1 fully saturated rings. The number of nitrogens with one attached hydrogen (secondary N) is 2. The highest BCUT2D eigenvalue weighted by molar-refractivity contribution is 6.12. The summed E-state index contributed by atoms with van der Waals surface area (Å²) >= 11 is 0. The van der Waals surface area contributed by atoms with Crippen LogP contribution in [0.2, 0.25) is 0 Å². The lowest BCUT2D eigenvalue weighted by Gasteiger charge is -2.37. The van der Waals surface area contributed by atoms with E-state index in [9.17, 15) is 24.8 Å². The molecule has 0 saturated heterocycles. The predicted molar refractivity (Wildman–Crippen MR) is 138 cm³/mol. The molecule has 0 bridgehead atoms. The Kier molecular flexibility index (Phi) is 6.04. The number of nitrogens with two attached hydrogens (primary N) is 1. The van der Waals surface area contributed by atoms with Gasteiger partial charge in [-0.1, -0.05) is 12.1 Å². The van der Waals surface area contributed by atoms with Crippen LogP contribution in [0.3, 0.4) is 0 Å². The summed E-state index contributed by atoms with van der Waals surface area (Å²) in [6.45, 7) is 0. The van der Waals surface area contributed by atoms with E-state index in [1.807, 2.05) is 6.07 Å². The Morgan fingerprint density at radius 1 is 1.03 bits per heavy atom. The lowest BCUT2D eigenvalue weighted by molar-refractivity contribution is -0.385. The number of hydrogen-bond acceptors (Lipinski definition) is 7. The van der Waals surface area contributed by atoms with Crippen LogP contribution in [0.4, 0.5) is 22.7 Å². The van der Waals surface area contributed by atoms with E-state index >= 15 is 0 Å². The zero-order valence-corrected chi connectivity index (χ0v) is 20.1. The standard InChI is InChI=1S/C27H26N4O6/c1-37-24-13-16(3-7-23(24)31(35)36)15-2-5-19-21(12-15)29-22-14-17(4-6-20(22)30-25(19)33)27(26(28)34)10-8-18(32)9-11-27/h2-7,12-14,18,29,32H,8-11H2,1H3,(H2,28,34)(H,30,33). The SMILES string of the molecule is COc1cc(-c2ccc3c(c2)Nc2cc(C4(C(N)=O)CCC(O)CC4)ccc2NC3=O)ccc1[N+](=O)[O-]. The molecule has 1 aliphatic carbocycles. The van der Waals surface area contributed by atoms with Crippen molar-refractivity contribution in [3.05, 3.63) is 75.8 Å². The molecule has 1 heterocycles. The highest BCUT2D eigenvalue weighted by Gasteiger charge is 2.42. The van der Waals surface area contributed by atoms with Gasteiger partial charge in [0.25, 0.3) is 5.91 Å². The number of benzene rings is 3. The molecule has 1 saturated carbocycles. The minimum Gasteiger partial charge on any atom is -0.490 e. The Labute approximate surface area is 212 Å². The first-order chi connectivity index (χ1) is 17.7. The summed E-state index contributed by atoms with van der Waals surface area (Å²) < 4.78 is 5.20. The van der Waals surface area contributed by atoms with Gasteiger partial charge in [0.2, 0.25) is 5.91 Å². The van der Waals surface area contributed by atoms with Gasteiger partial charge in [0, 0.05) is 6.07 Å². The van der Waals surface area contributed by atoms with E-state index in [0.717, 1.165) is 11.1 Å². The maximum atomic E-state index is 13.0. The minimum absolute atomic E-state index is 0.132. The van der Waals surface area contributed by atoms with Crippen LogP contribution < -0.4 is 21.1 Å². The number of rotatable bonds is 5. The summed E-state index contributed by atoms with van der Waals surface area (Å²) in [5.41, 5.74) is 9.07. The summed E-state index contributed by atoms with van der Waals surface area (Å²) in [5.74, 6) is -0.605. The van der Waals surface area contributed by atoms with E-state index in [1.54, 1.807) is 42.5 Å². The number of carbonyl (C=O) groups excluding carboxylic acids is 2. The molecule has 3 aromatic rings. The topological polar surface area (TPSA) is 157 Å². The second-order valence-corrected chi connectivity index (χ2v) is 9.42. The van der Waals surface area contributed by atoms with Crippen molar-refractivity contribution in [3.8, 4) is 16.9 Å². The first-order valence-electron chi connectivity index (χ1n) is 11.9. The lowest BCUT2D eigenvalue weighted by Crippen LogP contribution is -2.45. The number of hydrogen-bond donors (Lipinski definition) is 4. The Bertz CT molecular complexity index is 1430. The van der Waals surface area contributed by atoms with E-state index in [4.69, 9.17) is 10.5 Å². The van der Waals surface area contributed by atoms with Crippen LogP contribution >= 0.6 is 0 Å². The zero-order chi connectivity index (χ0) is 26.3. The van der Waals surface area contributed by atoms with Gasteiger partial charge in [-0.15, -0.1) is 0 Å². The molecule has 5 N–H and O–H groups in total. The second kappa shape index (κ2) is 9.21. The van der Waals surface area contributed by atoms with Gasteiger partial charge in [-0.2, -0.15) is 0 Å². The average molecular weight is 503 g/mol. The number of aliphatic hydroxyl groups excluding tert-OH is 1. The largest absolute Gasteiger partial charge is 0.490 e. The van der Waals surface area contributed by atoms with Crippen molar-refractivity contribution in [2.45, 2.75) is 37.2 Å². The summed E-state index contributed by atoms with van der Waals surface area (Å²) in [6.07, 6.45) is 1.40. The normalized spacial score (nSPS) is 20.5. The van der Waals surface area contributed by atoms with Crippen LogP contribution in [0, 0.1) is 10.1 Å². The molecule has 5 rings (SSSR count). The molecule has 1 aliphatic heterocycles. The molecule has 0 unspecified atom stereocenters. The van der Waals surface area contributed by atoms with Crippen LogP contribution in [0.15, 0.2) is 54.6 Å². The molecular formula is C27H26N4O6. The highest BCUT2D eigenvalue weighted by atomic mass is 16.6. The van der Waals surface area contributed by atoms with Crippen molar-refractivity contribution in [1.29, 1.82) is 0 Å². The average Bonchev–Trinajstić information content (AvgIpc) is 3.03. The van der Waals surface area contributed by atoms with Gasteiger partial charge in [0.05, 0.1) is 46.2 Å². The van der Waals surface area contributed by atoms with Crippen LogP contribution in [-0.4, -0.2) is 35.1 Å². The van der Waals surface area contributed by atoms with Gasteiger partial charge < -0.3 is 26.2 Å². The number of amides is 2. The third-order valence-electron chi connectivity index (χ3n) is 7.34. The fourth-order valence-corrected chi connectivity index (χ4v) is 5.20. The number of nitrogens with zero attached hydrogens (tertiary/aromatic N) is 1. The van der Waals surface area contributed by atoms with E-state index in [2.05, 4.69) is 10.6 Å². The molecule has 2 amide bonds. The molecule has 3 aromatic carbocycles. The summed E-state index contributed by atoms with van der Waals surface area (Å²) in [6, 6.07) is 15.2. The summed E-state index contributed by atoms with van der Waals surface area (Å²) in [5, 5.41) is 27.5. The van der Waals surface area contributed by atoms with Crippen molar-refractivity contribution in [3.63, 3.8) is 0 Å². The maximum Gasteiger partial charge on any atom is 0.310 e. The minimum atomic E-state index is -0.897. The number of fused-ring (bicyclic) bond motifs is 2. The molecule has 0 spiro atoms. The van der Waals surface area contributed by atoms with Crippen molar-refractivity contribution < 1.29 is 24.4 Å². The monoisotopic (exact) mass is 502 g/mol. The fraction of sp³-hybridized carbons (Fsp3) is 0.259. The van der Waals surface area contributed by atoms with E-state index in [0.29, 0.717) is 53.9 Å². The van der Waals surface area contributed by atoms with E-state index in [-0.39, 0.29) is 17.3 Å². The highest BCUT2D eigenvalue weighted by Crippen LogP contribution is 2.43. The Morgan fingerprint density at radius 3 is 2.41 bits per heavy atom. The molecule has 0 aromatic heterocycles. The van der Waals surface area contributed by atoms with Gasteiger partial charge in [0.15, 0.2) is 5.75 Å². The maximum absolute atomic E-state index is 13.0. The number of methoxy groups -OCH3 is 1. The van der Waals surface area contributed by atoms with Gasteiger partial charge in [-0.3, -0.25) is 19.7 Å². The number of nitro groups is 1. The second-order valence-electron chi connectivity index (χ2n) is 9.42. The molecule has 0 atom stereocenters. The molecule has 10 nitrogen and oxygen atoms in total. The Morgan fingerprint density at radius 2 is 1.73 bits per heavy atom. The number of primary amides is 1. The quantitative estimate of drug-likeness (QED) is 0.300. The Balaban J connectivity index is 1.55. The first kappa shape index (κ1) is 24.3. The number of anilines is 3. The summed E-state index contributed by atoms with van der Waals surface area (Å²) in [4.78, 5) is 36.3. The first-order valence-corrected chi connectivity index (χ1v) is 11.9. The Hall–Kier alpha value is -4.44. The van der Waals surface area contributed by atoms with Crippen molar-refractivity contribution in [2.75, 3.05) is 17.7 Å². The van der Waals surface area contributed by atoms with Gasteiger partial charge >= 0.3 is 5.69 Å². The van der Waals surface area contributed by atoms with E-state index < -0.39 is 22.3 Å². The fourth-order valence-electron chi connectivity index (χ4n) is 5.20. The van der Waals surface area contributed by atoms with Crippen molar-refractivity contribution in [2.24, 2.45) is 5.73 Å². The van der Waals surface area contributed by atoms with Crippen LogP contribution in [0.1, 0.15) is 41.6 Å². The smallest absolute Gasteiger partial charge is 0.310 e. The molecular weight excluding hydrogens is 476 g/mol. The summed E-state index contributed by atoms with van der Waals surface area (Å²) in [7, 11) is 1.37.